The minimum Gasteiger partial charge on any atom is -0.450 e. The molecule has 1 unspecified atom stereocenters. The summed E-state index contributed by atoms with van der Waals surface area (Å²) in [6.45, 7) is 3.03. The van der Waals surface area contributed by atoms with Crippen LogP contribution in [0.1, 0.15) is 23.0 Å². The Labute approximate surface area is 243 Å². The van der Waals surface area contributed by atoms with Crippen molar-refractivity contribution in [2.75, 3.05) is 44.3 Å². The normalized spacial score (nSPS) is 14.2. The standard InChI is InChI=1S/C29H34N5O7P/c1-2-41-29(37)34-15-13-33(14-16-34)28(36)26(20-42(38,39)40)32-27(35)25-18-23(30-19-21-9-5-3-6-10-21)17-24(31-25)22-11-7-4-8-12-22/h3-12,17-18,26H,2,13-16,19-20H2,1H3,(H,30,31)(H,32,35)(H2,38,39,40). The summed E-state index contributed by atoms with van der Waals surface area (Å²) in [7, 11) is -4.70. The van der Waals surface area contributed by atoms with Gasteiger partial charge in [-0.1, -0.05) is 60.7 Å². The third-order valence-electron chi connectivity index (χ3n) is 6.61. The molecular weight excluding hydrogens is 561 g/mol. The molecule has 0 spiro atoms. The lowest BCUT2D eigenvalue weighted by atomic mass is 10.1. The second-order valence-corrected chi connectivity index (χ2v) is 11.4. The van der Waals surface area contributed by atoms with E-state index in [2.05, 4.69) is 15.6 Å². The molecule has 1 aliphatic rings. The second kappa shape index (κ2) is 14.1. The van der Waals surface area contributed by atoms with E-state index in [1.54, 1.807) is 13.0 Å². The van der Waals surface area contributed by atoms with E-state index in [4.69, 9.17) is 4.74 Å². The van der Waals surface area contributed by atoms with Gasteiger partial charge in [-0.15, -0.1) is 0 Å². The number of nitrogens with zero attached hydrogens (tertiary/aromatic N) is 3. The average molecular weight is 596 g/mol. The van der Waals surface area contributed by atoms with Crippen LogP contribution in [0.15, 0.2) is 72.8 Å². The molecule has 1 fully saturated rings. The Bertz CT molecular complexity index is 1430. The van der Waals surface area contributed by atoms with E-state index in [9.17, 15) is 28.7 Å². The fourth-order valence-corrected chi connectivity index (χ4v) is 5.23. The van der Waals surface area contributed by atoms with Crippen LogP contribution in [-0.4, -0.2) is 87.5 Å². The van der Waals surface area contributed by atoms with Gasteiger partial charge in [0.15, 0.2) is 0 Å². The molecule has 42 heavy (non-hydrogen) atoms. The Kier molecular flexibility index (Phi) is 10.3. The molecule has 1 aliphatic heterocycles. The maximum atomic E-state index is 13.5. The van der Waals surface area contributed by atoms with Gasteiger partial charge in [0.25, 0.3) is 5.91 Å². The number of benzene rings is 2. The number of hydrogen-bond acceptors (Lipinski definition) is 7. The number of ether oxygens (including phenoxy) is 1. The van der Waals surface area contributed by atoms with E-state index in [0.29, 0.717) is 17.9 Å². The first-order chi connectivity index (χ1) is 20.1. The SMILES string of the molecule is CCOC(=O)N1CCN(C(=O)C(CP(=O)(O)O)NC(=O)c2cc(NCc3ccccc3)cc(-c3ccccc3)n2)CC1. The van der Waals surface area contributed by atoms with Gasteiger partial charge in [0.1, 0.15) is 11.7 Å². The van der Waals surface area contributed by atoms with Gasteiger partial charge in [0.05, 0.1) is 18.5 Å². The molecule has 0 bridgehead atoms. The van der Waals surface area contributed by atoms with E-state index in [0.717, 1.165) is 11.1 Å². The lowest BCUT2D eigenvalue weighted by Crippen LogP contribution is -2.56. The number of amides is 3. The first-order valence-electron chi connectivity index (χ1n) is 13.5. The zero-order valence-corrected chi connectivity index (χ0v) is 24.1. The maximum absolute atomic E-state index is 13.5. The molecule has 0 aliphatic carbocycles. The Morgan fingerprint density at radius 3 is 2.19 bits per heavy atom. The fraction of sp³-hybridized carbons (Fsp3) is 0.310. The number of carbonyl (C=O) groups is 3. The van der Waals surface area contributed by atoms with Crippen LogP contribution in [-0.2, 0) is 20.6 Å². The average Bonchev–Trinajstić information content (AvgIpc) is 2.99. The van der Waals surface area contributed by atoms with Crippen LogP contribution in [0, 0.1) is 0 Å². The van der Waals surface area contributed by atoms with Crippen molar-refractivity contribution in [1.82, 2.24) is 20.1 Å². The number of carbonyl (C=O) groups excluding carboxylic acids is 3. The van der Waals surface area contributed by atoms with Gasteiger partial charge in [-0.05, 0) is 24.6 Å². The summed E-state index contributed by atoms with van der Waals surface area (Å²) in [4.78, 5) is 65.6. The molecule has 1 atom stereocenters. The van der Waals surface area contributed by atoms with Gasteiger partial charge >= 0.3 is 13.7 Å². The summed E-state index contributed by atoms with van der Waals surface area (Å²) < 4.78 is 16.9. The van der Waals surface area contributed by atoms with Crippen molar-refractivity contribution in [3.05, 3.63) is 84.1 Å². The van der Waals surface area contributed by atoms with Gasteiger partial charge in [0, 0.05) is 44.0 Å². The number of anilines is 1. The van der Waals surface area contributed by atoms with Crippen LogP contribution in [0.4, 0.5) is 10.5 Å². The van der Waals surface area contributed by atoms with Gasteiger partial charge in [-0.3, -0.25) is 14.2 Å². The molecule has 2 aromatic carbocycles. The fourth-order valence-electron chi connectivity index (χ4n) is 4.51. The monoisotopic (exact) mass is 595 g/mol. The van der Waals surface area contributed by atoms with Crippen LogP contribution in [0.5, 0.6) is 0 Å². The molecule has 1 saturated heterocycles. The van der Waals surface area contributed by atoms with Crippen molar-refractivity contribution in [2.45, 2.75) is 19.5 Å². The zero-order valence-electron chi connectivity index (χ0n) is 23.2. The first kappa shape index (κ1) is 30.7. The van der Waals surface area contributed by atoms with E-state index < -0.39 is 37.7 Å². The predicted molar refractivity (Wildman–Crippen MR) is 157 cm³/mol. The van der Waals surface area contributed by atoms with Crippen LogP contribution in [0.3, 0.4) is 0 Å². The van der Waals surface area contributed by atoms with E-state index in [1.165, 1.54) is 15.9 Å². The summed E-state index contributed by atoms with van der Waals surface area (Å²) >= 11 is 0. The molecule has 0 saturated carbocycles. The van der Waals surface area contributed by atoms with Crippen LogP contribution in [0.2, 0.25) is 0 Å². The Morgan fingerprint density at radius 1 is 0.952 bits per heavy atom. The number of rotatable bonds is 10. The van der Waals surface area contributed by atoms with Crippen molar-refractivity contribution in [2.24, 2.45) is 0 Å². The largest absolute Gasteiger partial charge is 0.450 e. The summed E-state index contributed by atoms with van der Waals surface area (Å²) in [5.41, 5.74) is 2.87. The molecule has 4 rings (SSSR count). The Morgan fingerprint density at radius 2 is 1.57 bits per heavy atom. The minimum atomic E-state index is -4.70. The summed E-state index contributed by atoms with van der Waals surface area (Å²) in [6, 6.07) is 20.8. The quantitative estimate of drug-likeness (QED) is 0.258. The lowest BCUT2D eigenvalue weighted by molar-refractivity contribution is -0.134. The number of hydrogen-bond donors (Lipinski definition) is 4. The molecule has 2 heterocycles. The van der Waals surface area contributed by atoms with Gasteiger partial charge in [-0.25, -0.2) is 9.78 Å². The summed E-state index contributed by atoms with van der Waals surface area (Å²) in [5.74, 6) is -1.41. The molecule has 1 aromatic heterocycles. The number of nitrogens with one attached hydrogen (secondary N) is 2. The third-order valence-corrected chi connectivity index (χ3v) is 7.45. The summed E-state index contributed by atoms with van der Waals surface area (Å²) in [5, 5.41) is 5.80. The molecule has 0 radical (unpaired) electrons. The molecule has 3 aromatic rings. The topological polar surface area (TPSA) is 161 Å². The van der Waals surface area contributed by atoms with E-state index >= 15 is 0 Å². The summed E-state index contributed by atoms with van der Waals surface area (Å²) in [6.07, 6.45) is -1.38. The highest BCUT2D eigenvalue weighted by Crippen LogP contribution is 2.35. The van der Waals surface area contributed by atoms with Gasteiger partial charge in [-0.2, -0.15) is 0 Å². The minimum absolute atomic E-state index is 0.0254. The maximum Gasteiger partial charge on any atom is 0.409 e. The molecule has 12 nitrogen and oxygen atoms in total. The van der Waals surface area contributed by atoms with Crippen LogP contribution >= 0.6 is 7.60 Å². The smallest absolute Gasteiger partial charge is 0.409 e. The van der Waals surface area contributed by atoms with Gasteiger partial charge in [0.2, 0.25) is 5.91 Å². The van der Waals surface area contributed by atoms with Crippen molar-refractivity contribution < 1.29 is 33.5 Å². The molecule has 13 heteroatoms. The number of aromatic nitrogens is 1. The highest BCUT2D eigenvalue weighted by molar-refractivity contribution is 7.51. The highest BCUT2D eigenvalue weighted by atomic mass is 31.2. The predicted octanol–water partition coefficient (Wildman–Crippen LogP) is 2.94. The lowest BCUT2D eigenvalue weighted by Gasteiger charge is -2.36. The zero-order chi connectivity index (χ0) is 30.1. The molecule has 4 N–H and O–H groups in total. The Balaban J connectivity index is 1.55. The number of pyridine rings is 1. The first-order valence-corrected chi connectivity index (χ1v) is 15.3. The van der Waals surface area contributed by atoms with Gasteiger partial charge < -0.3 is 35.0 Å². The second-order valence-electron chi connectivity index (χ2n) is 9.72. The third kappa shape index (κ3) is 8.62. The van der Waals surface area contributed by atoms with Crippen LogP contribution < -0.4 is 10.6 Å². The molecular formula is C29H34N5O7P. The Hall–Kier alpha value is -4.25. The number of piperazine rings is 1. The van der Waals surface area contributed by atoms with E-state index in [-0.39, 0.29) is 38.5 Å². The van der Waals surface area contributed by atoms with Crippen molar-refractivity contribution in [1.29, 1.82) is 0 Å². The van der Waals surface area contributed by atoms with E-state index in [1.807, 2.05) is 60.7 Å². The van der Waals surface area contributed by atoms with Crippen molar-refractivity contribution >= 4 is 31.2 Å². The molecule has 3 amide bonds. The molecule has 222 valence electrons. The van der Waals surface area contributed by atoms with Crippen molar-refractivity contribution in [3.8, 4) is 11.3 Å². The van der Waals surface area contributed by atoms with Crippen molar-refractivity contribution in [3.63, 3.8) is 0 Å². The van der Waals surface area contributed by atoms with Crippen LogP contribution in [0.25, 0.3) is 11.3 Å². The highest BCUT2D eigenvalue weighted by Gasteiger charge is 2.35.